The minimum atomic E-state index is -2.25. The average molecular weight is 265 g/mol. The van der Waals surface area contributed by atoms with Crippen LogP contribution in [0.1, 0.15) is 0 Å². The number of aliphatic hydroxyl groups is 2. The van der Waals surface area contributed by atoms with Crippen LogP contribution >= 0.6 is 0 Å². The van der Waals surface area contributed by atoms with Gasteiger partial charge in [0.05, 0.1) is 0 Å². The largest absolute Gasteiger partial charge is 0 e. The van der Waals surface area contributed by atoms with Crippen molar-refractivity contribution in [3.63, 3.8) is 0 Å². The van der Waals surface area contributed by atoms with E-state index in [1.165, 1.54) is 0 Å². The molecule has 0 aromatic heterocycles. The summed E-state index contributed by atoms with van der Waals surface area (Å²) in [6, 6.07) is 0. The second-order valence-electron chi connectivity index (χ2n) is 0.715. The summed E-state index contributed by atoms with van der Waals surface area (Å²) in [5, 5.41) is 15.5. The zero-order valence-electron chi connectivity index (χ0n) is 2.71. The maximum absolute atomic E-state index is 7.74. The van der Waals surface area contributed by atoms with Crippen molar-refractivity contribution in [2.45, 2.75) is 6.16 Å². The Morgan fingerprint density at radius 2 is 1.29 bits per heavy atom. The van der Waals surface area contributed by atoms with E-state index in [1.54, 1.807) is 0 Å². The maximum Gasteiger partial charge on any atom is 0 e. The molecule has 1 fully saturated rings. The van der Waals surface area contributed by atoms with E-state index in [0.717, 1.165) is 0 Å². The van der Waals surface area contributed by atoms with Gasteiger partial charge in [0.1, 0.15) is 0 Å². The molecule has 1 rings (SSSR count). The molecule has 1 aliphatic rings. The first-order valence-corrected chi connectivity index (χ1v) is 1.02. The van der Waals surface area contributed by atoms with E-state index in [9.17, 15) is 0 Å². The van der Waals surface area contributed by atoms with Gasteiger partial charge in [-0.25, -0.2) is 0 Å². The molecule has 0 atom stereocenters. The Hall–Kier alpha value is 2.13. The first kappa shape index (κ1) is 11.9. The van der Waals surface area contributed by atoms with Gasteiger partial charge in [-0.05, 0) is 0 Å². The van der Waals surface area contributed by atoms with Gasteiger partial charge in [0.15, 0.2) is 0 Å². The third-order valence-electron chi connectivity index (χ3n) is 0.232. The van der Waals surface area contributed by atoms with Crippen molar-refractivity contribution in [2.24, 2.45) is 0 Å². The van der Waals surface area contributed by atoms with Gasteiger partial charge < -0.3 is 10.2 Å². The van der Waals surface area contributed by atoms with Crippen LogP contribution in [0.25, 0.3) is 0 Å². The fraction of sp³-hybridized carbons (Fsp3) is 1.00. The molecule has 0 bridgehead atoms. The molecule has 4 nitrogen and oxygen atoms in total. The van der Waals surface area contributed by atoms with Gasteiger partial charge in [0.2, 0.25) is 0 Å². The van der Waals surface area contributed by atoms with Crippen molar-refractivity contribution >= 4 is 48.9 Å². The predicted molar refractivity (Wildman–Crippen MR) is 17.9 cm³/mol. The van der Waals surface area contributed by atoms with Gasteiger partial charge in [-0.3, -0.25) is 0 Å². The molecule has 1 aliphatic heterocycles. The monoisotopic (exact) mass is 266 g/mol. The third-order valence-corrected chi connectivity index (χ3v) is 0.232. The van der Waals surface area contributed by atoms with Gasteiger partial charge in [-0.15, -0.1) is 9.78 Å². The molecule has 1 heterocycles. The molecule has 0 unspecified atom stereocenters. The van der Waals surface area contributed by atoms with E-state index in [-0.39, 0.29) is 70.6 Å². The molecule has 38 valence electrons. The van der Waals surface area contributed by atoms with Crippen LogP contribution in [0.4, 0.5) is 0 Å². The minimum Gasteiger partial charge on any atom is 0 e. The van der Waals surface area contributed by atoms with Gasteiger partial charge in [-0.1, -0.05) is 0 Å². The standard InChI is InChI=1S/CH2O4.Ba.Ti.2H/c2-1(3)4-5-1;;;;/h2-3H;;;;. The first-order valence-electron chi connectivity index (χ1n) is 1.02. The van der Waals surface area contributed by atoms with E-state index in [4.69, 9.17) is 10.2 Å². The zero-order chi connectivity index (χ0) is 3.91. The van der Waals surface area contributed by atoms with Crippen molar-refractivity contribution in [1.82, 2.24) is 0 Å². The van der Waals surface area contributed by atoms with Crippen LogP contribution in [0.3, 0.4) is 0 Å². The van der Waals surface area contributed by atoms with E-state index in [0.29, 0.717) is 0 Å². The van der Waals surface area contributed by atoms with Crippen LogP contribution in [0, 0.1) is 0 Å². The van der Waals surface area contributed by atoms with Crippen molar-refractivity contribution in [3.8, 4) is 0 Å². The molecular weight excluding hydrogens is 261 g/mol. The summed E-state index contributed by atoms with van der Waals surface area (Å²) in [7, 11) is 0. The zero-order valence-corrected chi connectivity index (χ0v) is 4.27. The number of rotatable bonds is 0. The second-order valence-corrected chi connectivity index (χ2v) is 0.715. The van der Waals surface area contributed by atoms with Gasteiger partial charge in [-0.2, -0.15) is 0 Å². The van der Waals surface area contributed by atoms with Crippen molar-refractivity contribution in [2.75, 3.05) is 0 Å². The smallest absolute Gasteiger partial charge is 0 e. The Kier molecular flexibility index (Phi) is 6.82. The number of hydrogen-bond acceptors (Lipinski definition) is 4. The number of hydrogen-bond donors (Lipinski definition) is 2. The van der Waals surface area contributed by atoms with Crippen molar-refractivity contribution in [1.29, 1.82) is 0 Å². The Morgan fingerprint density at radius 3 is 1.29 bits per heavy atom. The van der Waals surface area contributed by atoms with E-state index in [2.05, 4.69) is 9.78 Å². The second kappa shape index (κ2) is 4.02. The van der Waals surface area contributed by atoms with Crippen LogP contribution in [0.15, 0.2) is 0 Å². The molecule has 0 saturated carbocycles. The molecule has 1 saturated heterocycles. The van der Waals surface area contributed by atoms with Gasteiger partial charge >= 0.3 is 55.0 Å². The summed E-state index contributed by atoms with van der Waals surface area (Å²) >= 11 is 0. The normalized spacial score (nSPS) is 21.4. The Bertz CT molecular complexity index is 49.7. The molecular formula is CH4BaO4Ti. The van der Waals surface area contributed by atoms with Crippen LogP contribution < -0.4 is 0 Å². The maximum atomic E-state index is 7.74. The summed E-state index contributed by atoms with van der Waals surface area (Å²) in [6.45, 7) is 0. The topological polar surface area (TPSA) is 65.5 Å². The molecule has 0 aromatic carbocycles. The quantitative estimate of drug-likeness (QED) is 0.222. The van der Waals surface area contributed by atoms with Gasteiger partial charge in [0, 0.05) is 21.7 Å². The van der Waals surface area contributed by atoms with Crippen LogP contribution in [-0.4, -0.2) is 65.3 Å². The van der Waals surface area contributed by atoms with E-state index < -0.39 is 6.16 Å². The minimum absolute atomic E-state index is 0. The Morgan fingerprint density at radius 1 is 1.14 bits per heavy atom. The van der Waals surface area contributed by atoms with Crippen molar-refractivity contribution < 1.29 is 41.7 Å². The summed E-state index contributed by atoms with van der Waals surface area (Å²) < 4.78 is 0. The molecule has 0 radical (unpaired) electrons. The molecule has 2 N–H and O–H groups in total. The molecule has 0 amide bonds. The predicted octanol–water partition coefficient (Wildman–Crippen LogP) is -2.37. The van der Waals surface area contributed by atoms with Crippen LogP contribution in [-0.2, 0) is 31.5 Å². The SMILES string of the molecule is OC1(O)OO1.[BaH2].[Ti]. The summed E-state index contributed by atoms with van der Waals surface area (Å²) in [5.41, 5.74) is 0. The molecule has 7 heavy (non-hydrogen) atoms. The molecule has 0 aromatic rings. The van der Waals surface area contributed by atoms with E-state index in [1.807, 2.05) is 0 Å². The fourth-order valence-electron chi connectivity index (χ4n) is 0.0373. The van der Waals surface area contributed by atoms with Crippen LogP contribution in [0.2, 0.25) is 0 Å². The summed E-state index contributed by atoms with van der Waals surface area (Å²) in [5.74, 6) is 0. The summed E-state index contributed by atoms with van der Waals surface area (Å²) in [6.07, 6.45) is -2.25. The third kappa shape index (κ3) is 6.01. The van der Waals surface area contributed by atoms with E-state index >= 15 is 0 Å². The average Bonchev–Trinajstić information content (AvgIpc) is 1.76. The molecule has 0 aliphatic carbocycles. The Balaban J connectivity index is 0. The summed E-state index contributed by atoms with van der Waals surface area (Å²) in [4.78, 5) is 7.01. The van der Waals surface area contributed by atoms with Crippen molar-refractivity contribution in [3.05, 3.63) is 0 Å². The molecule has 0 spiro atoms. The van der Waals surface area contributed by atoms with Crippen LogP contribution in [0.5, 0.6) is 0 Å². The van der Waals surface area contributed by atoms with Gasteiger partial charge in [0.25, 0.3) is 0 Å². The molecule has 6 heteroatoms. The fourth-order valence-corrected chi connectivity index (χ4v) is 0.0373. The first-order chi connectivity index (χ1) is 2.21. The Labute approximate surface area is 95.1 Å².